The summed E-state index contributed by atoms with van der Waals surface area (Å²) in [7, 11) is 0. The van der Waals surface area contributed by atoms with Gasteiger partial charge in [-0.15, -0.1) is 11.3 Å². The van der Waals surface area contributed by atoms with Gasteiger partial charge in [-0.1, -0.05) is 33.6 Å². The number of thiazole rings is 1. The van der Waals surface area contributed by atoms with Crippen molar-refractivity contribution in [2.75, 3.05) is 0 Å². The van der Waals surface area contributed by atoms with Crippen molar-refractivity contribution in [1.82, 2.24) is 10.3 Å². The molecule has 0 aromatic carbocycles. The minimum absolute atomic E-state index is 0.165. The fourth-order valence-corrected chi connectivity index (χ4v) is 4.32. The Kier molecular flexibility index (Phi) is 5.48. The highest BCUT2D eigenvalue weighted by Crippen LogP contribution is 2.39. The Morgan fingerprint density at radius 2 is 1.81 bits per heavy atom. The molecule has 1 heterocycles. The summed E-state index contributed by atoms with van der Waals surface area (Å²) in [6.45, 7) is 14.6. The maximum absolute atomic E-state index is 5.04. The summed E-state index contributed by atoms with van der Waals surface area (Å²) in [5.41, 5.74) is 1.49. The van der Waals surface area contributed by atoms with Crippen LogP contribution in [0.3, 0.4) is 0 Å². The standard InChI is InChI=1S/C18H32N2S/c1-12(2)16-15(11-19-18(4,5)6)21-17(20-16)14-9-7-13(3)8-10-14/h12-14,19H,7-11H2,1-6H3. The molecule has 0 spiro atoms. The third-order valence-electron chi connectivity index (χ3n) is 4.44. The second-order valence-corrected chi connectivity index (χ2v) is 9.19. The van der Waals surface area contributed by atoms with E-state index in [4.69, 9.17) is 4.98 Å². The first-order chi connectivity index (χ1) is 9.76. The molecule has 0 saturated heterocycles. The Morgan fingerprint density at radius 3 is 2.33 bits per heavy atom. The second kappa shape index (κ2) is 6.78. The zero-order chi connectivity index (χ0) is 15.6. The van der Waals surface area contributed by atoms with Crippen molar-refractivity contribution in [3.8, 4) is 0 Å². The van der Waals surface area contributed by atoms with Crippen LogP contribution < -0.4 is 5.32 Å². The summed E-state index contributed by atoms with van der Waals surface area (Å²) in [5.74, 6) is 2.15. The van der Waals surface area contributed by atoms with Crippen molar-refractivity contribution < 1.29 is 0 Å². The molecule has 2 rings (SSSR count). The highest BCUT2D eigenvalue weighted by atomic mass is 32.1. The molecule has 21 heavy (non-hydrogen) atoms. The van der Waals surface area contributed by atoms with Crippen LogP contribution >= 0.6 is 11.3 Å². The summed E-state index contributed by atoms with van der Waals surface area (Å²) >= 11 is 1.96. The highest BCUT2D eigenvalue weighted by Gasteiger charge is 2.25. The van der Waals surface area contributed by atoms with Gasteiger partial charge < -0.3 is 5.32 Å². The fraction of sp³-hybridized carbons (Fsp3) is 0.833. The summed E-state index contributed by atoms with van der Waals surface area (Å²) in [6.07, 6.45) is 5.41. The van der Waals surface area contributed by atoms with Gasteiger partial charge >= 0.3 is 0 Å². The van der Waals surface area contributed by atoms with Gasteiger partial charge in [-0.05, 0) is 45.4 Å². The van der Waals surface area contributed by atoms with Crippen molar-refractivity contribution in [3.05, 3.63) is 15.6 Å². The largest absolute Gasteiger partial charge is 0.307 e. The molecule has 0 radical (unpaired) electrons. The van der Waals surface area contributed by atoms with Crippen molar-refractivity contribution in [1.29, 1.82) is 0 Å². The predicted molar refractivity (Wildman–Crippen MR) is 93.2 cm³/mol. The number of hydrogen-bond acceptors (Lipinski definition) is 3. The molecule has 1 saturated carbocycles. The number of aromatic nitrogens is 1. The van der Waals surface area contributed by atoms with E-state index in [0.29, 0.717) is 11.8 Å². The van der Waals surface area contributed by atoms with Crippen LogP contribution in [-0.4, -0.2) is 10.5 Å². The first-order valence-electron chi connectivity index (χ1n) is 8.50. The van der Waals surface area contributed by atoms with Crippen LogP contribution in [0.15, 0.2) is 0 Å². The van der Waals surface area contributed by atoms with Gasteiger partial charge in [0.05, 0.1) is 10.7 Å². The number of hydrogen-bond donors (Lipinski definition) is 1. The molecule has 0 amide bonds. The van der Waals surface area contributed by atoms with Crippen LogP contribution in [0.1, 0.15) is 94.6 Å². The number of rotatable bonds is 4. The minimum Gasteiger partial charge on any atom is -0.307 e. The van der Waals surface area contributed by atoms with Crippen LogP contribution in [-0.2, 0) is 6.54 Å². The molecule has 0 bridgehead atoms. The summed E-state index contributed by atoms with van der Waals surface area (Å²) in [4.78, 5) is 6.49. The molecule has 0 unspecified atom stereocenters. The lowest BCUT2D eigenvalue weighted by atomic mass is 9.83. The molecule has 3 heteroatoms. The van der Waals surface area contributed by atoms with Gasteiger partial charge in [-0.2, -0.15) is 0 Å². The average molecular weight is 309 g/mol. The maximum atomic E-state index is 5.04. The van der Waals surface area contributed by atoms with E-state index in [-0.39, 0.29) is 5.54 Å². The van der Waals surface area contributed by atoms with Crippen LogP contribution in [0.2, 0.25) is 0 Å². The monoisotopic (exact) mass is 308 g/mol. The summed E-state index contributed by atoms with van der Waals surface area (Å²) in [5, 5.41) is 5.03. The predicted octanol–water partition coefficient (Wildman–Crippen LogP) is 5.45. The minimum atomic E-state index is 0.165. The molecular weight excluding hydrogens is 276 g/mol. The third kappa shape index (κ3) is 4.79. The van der Waals surface area contributed by atoms with Crippen LogP contribution in [0.25, 0.3) is 0 Å². The number of nitrogens with zero attached hydrogens (tertiary/aromatic N) is 1. The van der Waals surface area contributed by atoms with Gasteiger partial charge in [0.2, 0.25) is 0 Å². The van der Waals surface area contributed by atoms with Gasteiger partial charge in [0, 0.05) is 22.9 Å². The molecule has 0 aliphatic heterocycles. The highest BCUT2D eigenvalue weighted by molar-refractivity contribution is 7.11. The lowest BCUT2D eigenvalue weighted by Gasteiger charge is -2.24. The quantitative estimate of drug-likeness (QED) is 0.800. The molecule has 1 aliphatic rings. The van der Waals surface area contributed by atoms with E-state index in [1.54, 1.807) is 0 Å². The smallest absolute Gasteiger partial charge is 0.0962 e. The average Bonchev–Trinajstić information content (AvgIpc) is 2.81. The maximum Gasteiger partial charge on any atom is 0.0962 e. The summed E-state index contributed by atoms with van der Waals surface area (Å²) < 4.78 is 0. The second-order valence-electron chi connectivity index (χ2n) is 8.08. The van der Waals surface area contributed by atoms with Gasteiger partial charge in [-0.3, -0.25) is 0 Å². The fourth-order valence-electron chi connectivity index (χ4n) is 2.99. The third-order valence-corrected chi connectivity index (χ3v) is 5.67. The normalized spacial score (nSPS) is 23.8. The van der Waals surface area contributed by atoms with Gasteiger partial charge in [0.15, 0.2) is 0 Å². The zero-order valence-corrected chi connectivity index (χ0v) is 15.4. The molecule has 1 fully saturated rings. The molecule has 2 nitrogen and oxygen atoms in total. The van der Waals surface area contributed by atoms with E-state index in [9.17, 15) is 0 Å². The lowest BCUT2D eigenvalue weighted by Crippen LogP contribution is -2.35. The Hall–Kier alpha value is -0.410. The Morgan fingerprint density at radius 1 is 1.19 bits per heavy atom. The van der Waals surface area contributed by atoms with Crippen molar-refractivity contribution >= 4 is 11.3 Å². The molecule has 1 N–H and O–H groups in total. The van der Waals surface area contributed by atoms with Crippen molar-refractivity contribution in [2.24, 2.45) is 5.92 Å². The van der Waals surface area contributed by atoms with Crippen LogP contribution in [0, 0.1) is 5.92 Å². The first-order valence-corrected chi connectivity index (χ1v) is 9.32. The first kappa shape index (κ1) is 17.0. The van der Waals surface area contributed by atoms with E-state index >= 15 is 0 Å². The Balaban J connectivity index is 2.13. The zero-order valence-electron chi connectivity index (χ0n) is 14.6. The SMILES string of the molecule is CC1CCC(c2nc(C(C)C)c(CNC(C)(C)C)s2)CC1. The topological polar surface area (TPSA) is 24.9 Å². The Bertz CT molecular complexity index is 448. The van der Waals surface area contributed by atoms with Crippen molar-refractivity contribution in [3.63, 3.8) is 0 Å². The van der Waals surface area contributed by atoms with Gasteiger partial charge in [0.25, 0.3) is 0 Å². The lowest BCUT2D eigenvalue weighted by molar-refractivity contribution is 0.347. The molecule has 0 atom stereocenters. The van der Waals surface area contributed by atoms with Gasteiger partial charge in [0.1, 0.15) is 0 Å². The molecular formula is C18H32N2S. The molecule has 120 valence electrons. The summed E-state index contributed by atoms with van der Waals surface area (Å²) in [6, 6.07) is 0. The van der Waals surface area contributed by atoms with E-state index in [2.05, 4.69) is 46.9 Å². The van der Waals surface area contributed by atoms with E-state index in [0.717, 1.165) is 12.5 Å². The van der Waals surface area contributed by atoms with E-state index in [1.807, 2.05) is 11.3 Å². The molecule has 1 aromatic heterocycles. The van der Waals surface area contributed by atoms with Crippen LogP contribution in [0.5, 0.6) is 0 Å². The van der Waals surface area contributed by atoms with Gasteiger partial charge in [-0.25, -0.2) is 4.98 Å². The van der Waals surface area contributed by atoms with Crippen molar-refractivity contribution in [2.45, 2.75) is 91.1 Å². The molecule has 1 aromatic rings. The van der Waals surface area contributed by atoms with E-state index < -0.39 is 0 Å². The molecule has 1 aliphatic carbocycles. The Labute approximate surface area is 134 Å². The number of nitrogens with one attached hydrogen (secondary N) is 1. The van der Waals surface area contributed by atoms with Crippen LogP contribution in [0.4, 0.5) is 0 Å². The van der Waals surface area contributed by atoms with E-state index in [1.165, 1.54) is 41.3 Å².